The van der Waals surface area contributed by atoms with Gasteiger partial charge < -0.3 is 10.1 Å². The van der Waals surface area contributed by atoms with Gasteiger partial charge in [-0.1, -0.05) is 6.92 Å². The minimum absolute atomic E-state index is 0.248. The molecule has 16 heavy (non-hydrogen) atoms. The fourth-order valence-corrected chi connectivity index (χ4v) is 1.55. The van der Waals surface area contributed by atoms with Crippen LogP contribution in [0.3, 0.4) is 0 Å². The molecule has 0 spiro atoms. The van der Waals surface area contributed by atoms with Crippen molar-refractivity contribution in [2.45, 2.75) is 32.9 Å². The Hall–Kier alpha value is -1.36. The van der Waals surface area contributed by atoms with Gasteiger partial charge in [-0.25, -0.2) is 0 Å². The average Bonchev–Trinajstić information content (AvgIpc) is 2.65. The van der Waals surface area contributed by atoms with E-state index in [1.807, 2.05) is 13.2 Å². The van der Waals surface area contributed by atoms with E-state index in [0.29, 0.717) is 6.54 Å². The summed E-state index contributed by atoms with van der Waals surface area (Å²) in [6.07, 6.45) is 2.86. The van der Waals surface area contributed by atoms with E-state index in [2.05, 4.69) is 22.1 Å². The molecule has 1 aromatic heterocycles. The molecule has 5 nitrogen and oxygen atoms in total. The zero-order chi connectivity index (χ0) is 12.1. The molecule has 0 saturated carbocycles. The van der Waals surface area contributed by atoms with Crippen LogP contribution in [0.1, 0.15) is 25.1 Å². The van der Waals surface area contributed by atoms with Crippen LogP contribution in [-0.4, -0.2) is 28.9 Å². The van der Waals surface area contributed by atoms with Crippen molar-refractivity contribution in [3.05, 3.63) is 17.5 Å². The summed E-state index contributed by atoms with van der Waals surface area (Å²) in [6, 6.07) is -0.296. The largest absolute Gasteiger partial charge is 0.468 e. The molecule has 1 N–H and O–H groups in total. The van der Waals surface area contributed by atoms with Gasteiger partial charge >= 0.3 is 5.97 Å². The molecule has 0 aliphatic carbocycles. The van der Waals surface area contributed by atoms with E-state index < -0.39 is 0 Å². The van der Waals surface area contributed by atoms with Crippen molar-refractivity contribution in [3.63, 3.8) is 0 Å². The fraction of sp³-hybridized carbons (Fsp3) is 0.636. The zero-order valence-electron chi connectivity index (χ0n) is 10.3. The molecule has 5 heteroatoms. The number of nitrogens with one attached hydrogen (secondary N) is 1. The van der Waals surface area contributed by atoms with Gasteiger partial charge in [0.15, 0.2) is 0 Å². The van der Waals surface area contributed by atoms with Crippen LogP contribution in [-0.2, 0) is 29.5 Å². The molecule has 0 aromatic carbocycles. The number of hydrogen-bond acceptors (Lipinski definition) is 4. The Morgan fingerprint density at radius 3 is 2.94 bits per heavy atom. The number of nitrogens with zero attached hydrogens (tertiary/aromatic N) is 2. The third-order valence-corrected chi connectivity index (χ3v) is 2.48. The van der Waals surface area contributed by atoms with Crippen molar-refractivity contribution in [1.82, 2.24) is 15.1 Å². The molecule has 0 unspecified atom stereocenters. The lowest BCUT2D eigenvalue weighted by Crippen LogP contribution is -2.34. The molecule has 0 aliphatic rings. The van der Waals surface area contributed by atoms with Gasteiger partial charge in [0, 0.05) is 25.4 Å². The number of aromatic nitrogens is 2. The molecular weight excluding hydrogens is 206 g/mol. The number of carbonyl (C=O) groups excluding carboxylic acids is 1. The van der Waals surface area contributed by atoms with Gasteiger partial charge in [0.05, 0.1) is 12.8 Å². The van der Waals surface area contributed by atoms with Crippen LogP contribution >= 0.6 is 0 Å². The Kier molecular flexibility index (Phi) is 4.49. The molecule has 0 aliphatic heterocycles. The summed E-state index contributed by atoms with van der Waals surface area (Å²) in [5, 5.41) is 7.44. The van der Waals surface area contributed by atoms with E-state index in [1.165, 1.54) is 7.11 Å². The first-order valence-corrected chi connectivity index (χ1v) is 5.41. The lowest BCUT2D eigenvalue weighted by molar-refractivity contribution is -0.142. The van der Waals surface area contributed by atoms with Crippen LogP contribution < -0.4 is 5.32 Å². The minimum Gasteiger partial charge on any atom is -0.468 e. The average molecular weight is 225 g/mol. The third-order valence-electron chi connectivity index (χ3n) is 2.48. The molecule has 90 valence electrons. The van der Waals surface area contributed by atoms with Gasteiger partial charge in [0.25, 0.3) is 0 Å². The molecule has 0 radical (unpaired) electrons. The van der Waals surface area contributed by atoms with Crippen LogP contribution in [0.5, 0.6) is 0 Å². The third kappa shape index (κ3) is 3.06. The lowest BCUT2D eigenvalue weighted by atomic mass is 10.2. The van der Waals surface area contributed by atoms with E-state index in [4.69, 9.17) is 0 Å². The maximum atomic E-state index is 11.2. The van der Waals surface area contributed by atoms with Gasteiger partial charge in [0.1, 0.15) is 6.04 Å². The van der Waals surface area contributed by atoms with Crippen molar-refractivity contribution in [1.29, 1.82) is 0 Å². The predicted molar refractivity (Wildman–Crippen MR) is 60.9 cm³/mol. The molecule has 0 fully saturated rings. The highest BCUT2D eigenvalue weighted by molar-refractivity contribution is 5.75. The van der Waals surface area contributed by atoms with Crippen molar-refractivity contribution in [3.8, 4) is 0 Å². The highest BCUT2D eigenvalue weighted by Gasteiger charge is 2.13. The number of hydrogen-bond donors (Lipinski definition) is 1. The van der Waals surface area contributed by atoms with Crippen LogP contribution in [0.15, 0.2) is 6.20 Å². The smallest absolute Gasteiger partial charge is 0.322 e. The maximum Gasteiger partial charge on any atom is 0.322 e. The molecule has 1 aromatic rings. The first kappa shape index (κ1) is 12.7. The van der Waals surface area contributed by atoms with Gasteiger partial charge in [0.2, 0.25) is 0 Å². The Morgan fingerprint density at radius 1 is 1.69 bits per heavy atom. The van der Waals surface area contributed by atoms with Crippen LogP contribution in [0.4, 0.5) is 0 Å². The number of carbonyl (C=O) groups is 1. The summed E-state index contributed by atoms with van der Waals surface area (Å²) in [7, 11) is 3.29. The number of ether oxygens (including phenoxy) is 1. The van der Waals surface area contributed by atoms with E-state index in [1.54, 1.807) is 11.6 Å². The normalized spacial score (nSPS) is 12.5. The number of esters is 1. The van der Waals surface area contributed by atoms with Crippen LogP contribution in [0.25, 0.3) is 0 Å². The molecule has 1 rings (SSSR count). The number of rotatable bonds is 5. The predicted octanol–water partition coefficient (Wildman–Crippen LogP) is 0.634. The first-order valence-electron chi connectivity index (χ1n) is 5.41. The van der Waals surface area contributed by atoms with Crippen molar-refractivity contribution in [2.24, 2.45) is 7.05 Å². The summed E-state index contributed by atoms with van der Waals surface area (Å²) in [5.74, 6) is -0.248. The van der Waals surface area contributed by atoms with E-state index in [9.17, 15) is 4.79 Å². The molecule has 1 heterocycles. The Labute approximate surface area is 95.8 Å². The summed E-state index contributed by atoms with van der Waals surface area (Å²) in [6.45, 7) is 4.48. The minimum atomic E-state index is -0.296. The lowest BCUT2D eigenvalue weighted by Gasteiger charge is -2.10. The number of aryl methyl sites for hydroxylation is 2. The van der Waals surface area contributed by atoms with Crippen molar-refractivity contribution < 1.29 is 9.53 Å². The standard InChI is InChI=1S/C11H19N3O2/c1-5-10-9(7-14(3)13-10)6-12-8(2)11(15)16-4/h7-8,12H,5-6H2,1-4H3/t8-/m1/s1. The summed E-state index contributed by atoms with van der Waals surface area (Å²) >= 11 is 0. The van der Waals surface area contributed by atoms with Gasteiger partial charge in [-0.2, -0.15) is 5.10 Å². The van der Waals surface area contributed by atoms with Crippen molar-refractivity contribution in [2.75, 3.05) is 7.11 Å². The van der Waals surface area contributed by atoms with Gasteiger partial charge in [-0.15, -0.1) is 0 Å². The first-order chi connectivity index (χ1) is 7.58. The Balaban J connectivity index is 2.57. The maximum absolute atomic E-state index is 11.2. The van der Waals surface area contributed by atoms with Crippen LogP contribution in [0.2, 0.25) is 0 Å². The van der Waals surface area contributed by atoms with Gasteiger partial charge in [-0.05, 0) is 13.3 Å². The highest BCUT2D eigenvalue weighted by atomic mass is 16.5. The highest BCUT2D eigenvalue weighted by Crippen LogP contribution is 2.07. The molecule has 1 atom stereocenters. The van der Waals surface area contributed by atoms with Crippen LogP contribution in [0, 0.1) is 0 Å². The molecule has 0 bridgehead atoms. The second-order valence-electron chi connectivity index (χ2n) is 3.75. The van der Waals surface area contributed by atoms with E-state index in [0.717, 1.165) is 17.7 Å². The summed E-state index contributed by atoms with van der Waals surface area (Å²) < 4.78 is 6.43. The summed E-state index contributed by atoms with van der Waals surface area (Å²) in [5.41, 5.74) is 2.19. The Morgan fingerprint density at radius 2 is 2.38 bits per heavy atom. The summed E-state index contributed by atoms with van der Waals surface area (Å²) in [4.78, 5) is 11.2. The number of methoxy groups -OCH3 is 1. The second-order valence-corrected chi connectivity index (χ2v) is 3.75. The topological polar surface area (TPSA) is 56.2 Å². The molecule has 0 saturated heterocycles. The Bertz CT molecular complexity index is 360. The van der Waals surface area contributed by atoms with E-state index >= 15 is 0 Å². The molecule has 0 amide bonds. The van der Waals surface area contributed by atoms with Crippen molar-refractivity contribution >= 4 is 5.97 Å². The fourth-order valence-electron chi connectivity index (χ4n) is 1.55. The monoisotopic (exact) mass is 225 g/mol. The van der Waals surface area contributed by atoms with E-state index in [-0.39, 0.29) is 12.0 Å². The zero-order valence-corrected chi connectivity index (χ0v) is 10.3. The molecular formula is C11H19N3O2. The van der Waals surface area contributed by atoms with Gasteiger partial charge in [-0.3, -0.25) is 9.48 Å². The quantitative estimate of drug-likeness (QED) is 0.747. The SMILES string of the molecule is CCc1nn(C)cc1CN[C@H](C)C(=O)OC. The second kappa shape index (κ2) is 5.65.